The molecule has 0 radical (unpaired) electrons. The van der Waals surface area contributed by atoms with Gasteiger partial charge in [-0.2, -0.15) is 0 Å². The number of methoxy groups -OCH3 is 1. The summed E-state index contributed by atoms with van der Waals surface area (Å²) in [7, 11) is 1.36. The van der Waals surface area contributed by atoms with Gasteiger partial charge in [0.25, 0.3) is 0 Å². The second-order valence-corrected chi connectivity index (χ2v) is 8.26. The summed E-state index contributed by atoms with van der Waals surface area (Å²) in [5, 5.41) is 7.42. The van der Waals surface area contributed by atoms with E-state index in [9.17, 15) is 9.59 Å². The molecule has 1 aromatic carbocycles. The number of aromatic nitrogens is 1. The predicted molar refractivity (Wildman–Crippen MR) is 115 cm³/mol. The molecule has 2 atom stereocenters. The number of ether oxygens (including phenoxy) is 1. The molecule has 0 spiro atoms. The van der Waals surface area contributed by atoms with E-state index in [2.05, 4.69) is 15.6 Å². The molecule has 0 aliphatic heterocycles. The van der Waals surface area contributed by atoms with Gasteiger partial charge in [-0.3, -0.25) is 9.78 Å². The van der Waals surface area contributed by atoms with E-state index in [1.807, 2.05) is 44.2 Å². The molecule has 2 N–H and O–H groups in total. The number of fused-ring (bicyclic) bond motifs is 1. The Morgan fingerprint density at radius 2 is 1.90 bits per heavy atom. The molecular weight excluding hydrogens is 366 g/mol. The third kappa shape index (κ3) is 5.25. The van der Waals surface area contributed by atoms with Gasteiger partial charge < -0.3 is 15.4 Å². The summed E-state index contributed by atoms with van der Waals surface area (Å²) in [5.74, 6) is -0.0594. The molecule has 0 saturated heterocycles. The van der Waals surface area contributed by atoms with Crippen molar-refractivity contribution in [3.8, 4) is 0 Å². The van der Waals surface area contributed by atoms with Gasteiger partial charge in [0.05, 0.1) is 18.3 Å². The van der Waals surface area contributed by atoms with Crippen molar-refractivity contribution in [1.82, 2.24) is 10.3 Å². The van der Waals surface area contributed by atoms with Gasteiger partial charge in [-0.05, 0) is 43.2 Å². The number of nitrogens with zero attached hydrogens (tertiary/aromatic N) is 1. The molecular formula is C23H31N3O3. The van der Waals surface area contributed by atoms with Gasteiger partial charge in [0.1, 0.15) is 12.1 Å². The Morgan fingerprint density at radius 1 is 1.17 bits per heavy atom. The summed E-state index contributed by atoms with van der Waals surface area (Å²) >= 11 is 0. The van der Waals surface area contributed by atoms with Crippen molar-refractivity contribution < 1.29 is 14.3 Å². The first-order valence-corrected chi connectivity index (χ1v) is 10.5. The third-order valence-electron chi connectivity index (χ3n) is 5.61. The summed E-state index contributed by atoms with van der Waals surface area (Å²) in [6.07, 6.45) is 6.54. The maximum absolute atomic E-state index is 13.3. The fourth-order valence-electron chi connectivity index (χ4n) is 4.17. The minimum absolute atomic E-state index is 0.152. The highest BCUT2D eigenvalue weighted by molar-refractivity contribution is 5.94. The van der Waals surface area contributed by atoms with Gasteiger partial charge in [0.15, 0.2) is 0 Å². The molecule has 0 bridgehead atoms. The average Bonchev–Trinajstić information content (AvgIpc) is 3.25. The quantitative estimate of drug-likeness (QED) is 0.660. The van der Waals surface area contributed by atoms with Crippen molar-refractivity contribution in [2.24, 2.45) is 11.8 Å². The Kier molecular flexibility index (Phi) is 7.07. The molecule has 6 nitrogen and oxygen atoms in total. The molecule has 29 heavy (non-hydrogen) atoms. The fraction of sp³-hybridized carbons (Fsp3) is 0.522. The Hall–Kier alpha value is -2.63. The van der Waals surface area contributed by atoms with Crippen molar-refractivity contribution in [1.29, 1.82) is 0 Å². The number of hydrogen-bond acceptors (Lipinski definition) is 5. The standard InChI is InChI=1S/C23H31N3O3/c1-15(2)14-19(23(28)29-3)26-22(27)21(17-8-4-5-9-17)25-18-12-6-10-16-11-7-13-24-20(16)18/h6-7,10-13,15,17,19,21,25H,4-5,8-9,14H2,1-3H3,(H,26,27)/t19-,21+/m0/s1. The van der Waals surface area contributed by atoms with E-state index < -0.39 is 18.1 Å². The molecule has 1 aromatic heterocycles. The highest BCUT2D eigenvalue weighted by Crippen LogP contribution is 2.31. The normalized spacial score (nSPS) is 16.6. The number of esters is 1. The zero-order chi connectivity index (χ0) is 20.8. The van der Waals surface area contributed by atoms with Crippen LogP contribution in [0.4, 0.5) is 5.69 Å². The lowest BCUT2D eigenvalue weighted by molar-refractivity contribution is -0.145. The Labute approximate surface area is 172 Å². The highest BCUT2D eigenvalue weighted by Gasteiger charge is 2.33. The second-order valence-electron chi connectivity index (χ2n) is 8.26. The number of anilines is 1. The lowest BCUT2D eigenvalue weighted by Gasteiger charge is -2.27. The first-order valence-electron chi connectivity index (χ1n) is 10.5. The number of rotatable bonds is 8. The topological polar surface area (TPSA) is 80.3 Å². The van der Waals surface area contributed by atoms with Crippen LogP contribution in [-0.4, -0.2) is 36.1 Å². The van der Waals surface area contributed by atoms with Gasteiger partial charge in [-0.1, -0.05) is 44.9 Å². The summed E-state index contributed by atoms with van der Waals surface area (Å²) in [5.41, 5.74) is 1.69. The number of para-hydroxylation sites is 1. The van der Waals surface area contributed by atoms with Crippen LogP contribution in [0.2, 0.25) is 0 Å². The molecule has 1 fully saturated rings. The van der Waals surface area contributed by atoms with Crippen LogP contribution in [0.1, 0.15) is 46.0 Å². The van der Waals surface area contributed by atoms with Crippen LogP contribution in [0.15, 0.2) is 36.5 Å². The fourth-order valence-corrected chi connectivity index (χ4v) is 4.17. The predicted octanol–water partition coefficient (Wildman–Crippen LogP) is 3.91. The summed E-state index contributed by atoms with van der Waals surface area (Å²) < 4.78 is 4.91. The zero-order valence-electron chi connectivity index (χ0n) is 17.5. The molecule has 0 unspecified atom stereocenters. The summed E-state index contributed by atoms with van der Waals surface area (Å²) in [4.78, 5) is 30.0. The van der Waals surface area contributed by atoms with E-state index in [0.29, 0.717) is 6.42 Å². The van der Waals surface area contributed by atoms with E-state index in [1.165, 1.54) is 7.11 Å². The highest BCUT2D eigenvalue weighted by atomic mass is 16.5. The minimum Gasteiger partial charge on any atom is -0.467 e. The second kappa shape index (κ2) is 9.72. The van der Waals surface area contributed by atoms with E-state index in [4.69, 9.17) is 4.74 Å². The van der Waals surface area contributed by atoms with Crippen LogP contribution in [0.5, 0.6) is 0 Å². The lowest BCUT2D eigenvalue weighted by Crippen LogP contribution is -2.50. The molecule has 1 saturated carbocycles. The lowest BCUT2D eigenvalue weighted by atomic mass is 9.95. The minimum atomic E-state index is -0.635. The van der Waals surface area contributed by atoms with Gasteiger partial charge in [0, 0.05) is 11.6 Å². The molecule has 156 valence electrons. The molecule has 3 rings (SSSR count). The maximum atomic E-state index is 13.3. The molecule has 1 heterocycles. The van der Waals surface area contributed by atoms with Crippen molar-refractivity contribution in [3.05, 3.63) is 36.5 Å². The van der Waals surface area contributed by atoms with Gasteiger partial charge in [-0.25, -0.2) is 4.79 Å². The van der Waals surface area contributed by atoms with E-state index in [1.54, 1.807) is 6.20 Å². The molecule has 1 aliphatic carbocycles. The number of hydrogen-bond donors (Lipinski definition) is 2. The Morgan fingerprint density at radius 3 is 2.59 bits per heavy atom. The number of carbonyl (C=O) groups excluding carboxylic acids is 2. The first-order chi connectivity index (χ1) is 14.0. The average molecular weight is 398 g/mol. The number of nitrogens with one attached hydrogen (secondary N) is 2. The molecule has 2 aromatic rings. The van der Waals surface area contributed by atoms with Gasteiger partial charge in [0.2, 0.25) is 5.91 Å². The SMILES string of the molecule is COC(=O)[C@H](CC(C)C)NC(=O)[C@H](Nc1cccc2cccnc12)C1CCCC1. The van der Waals surface area contributed by atoms with Crippen LogP contribution in [0.3, 0.4) is 0 Å². The van der Waals surface area contributed by atoms with Crippen LogP contribution in [-0.2, 0) is 14.3 Å². The summed E-state index contributed by atoms with van der Waals surface area (Å²) in [6, 6.07) is 8.79. The third-order valence-corrected chi connectivity index (χ3v) is 5.61. The number of pyridine rings is 1. The maximum Gasteiger partial charge on any atom is 0.328 e. The molecule has 6 heteroatoms. The van der Waals surface area contributed by atoms with Gasteiger partial charge >= 0.3 is 5.97 Å². The van der Waals surface area contributed by atoms with E-state index in [-0.39, 0.29) is 17.7 Å². The molecule has 1 amide bonds. The monoisotopic (exact) mass is 397 g/mol. The van der Waals surface area contributed by atoms with Gasteiger partial charge in [-0.15, -0.1) is 0 Å². The number of carbonyl (C=O) groups is 2. The largest absolute Gasteiger partial charge is 0.467 e. The Balaban J connectivity index is 1.84. The van der Waals surface area contributed by atoms with E-state index >= 15 is 0 Å². The van der Waals surface area contributed by atoms with Crippen LogP contribution in [0, 0.1) is 11.8 Å². The number of benzene rings is 1. The van der Waals surface area contributed by atoms with Crippen molar-refractivity contribution >= 4 is 28.5 Å². The molecule has 1 aliphatic rings. The van der Waals surface area contributed by atoms with Crippen molar-refractivity contribution in [2.45, 2.75) is 58.0 Å². The number of amides is 1. The zero-order valence-corrected chi connectivity index (χ0v) is 17.5. The van der Waals surface area contributed by atoms with Crippen LogP contribution < -0.4 is 10.6 Å². The Bertz CT molecular complexity index is 841. The first kappa shape index (κ1) is 21.1. The van der Waals surface area contributed by atoms with Crippen LogP contribution in [0.25, 0.3) is 10.9 Å². The van der Waals surface area contributed by atoms with E-state index in [0.717, 1.165) is 42.3 Å². The van der Waals surface area contributed by atoms with Crippen LogP contribution >= 0.6 is 0 Å². The van der Waals surface area contributed by atoms with Crippen molar-refractivity contribution in [2.75, 3.05) is 12.4 Å². The van der Waals surface area contributed by atoms with Crippen molar-refractivity contribution in [3.63, 3.8) is 0 Å². The summed E-state index contributed by atoms with van der Waals surface area (Å²) in [6.45, 7) is 4.05. The smallest absolute Gasteiger partial charge is 0.328 e.